The van der Waals surface area contributed by atoms with Crippen LogP contribution >= 0.6 is 0 Å². The summed E-state index contributed by atoms with van der Waals surface area (Å²) in [5.74, 6) is 0.314. The number of aliphatic hydroxyl groups excluding tert-OH is 1. The van der Waals surface area contributed by atoms with Crippen molar-refractivity contribution in [2.45, 2.75) is 32.4 Å². The van der Waals surface area contributed by atoms with Gasteiger partial charge in [-0.3, -0.25) is 0 Å². The lowest BCUT2D eigenvalue weighted by atomic mass is 9.95. The second kappa shape index (κ2) is 5.13. The SMILES string of the molecule is CC(C)[C@H](N)C(O)Cc1ccccc1. The first-order valence-electron chi connectivity index (χ1n) is 5.09. The molecule has 0 heterocycles. The van der Waals surface area contributed by atoms with E-state index in [0.29, 0.717) is 12.3 Å². The van der Waals surface area contributed by atoms with Crippen LogP contribution in [0, 0.1) is 5.92 Å². The van der Waals surface area contributed by atoms with Gasteiger partial charge in [0.15, 0.2) is 0 Å². The van der Waals surface area contributed by atoms with E-state index in [1.807, 2.05) is 44.2 Å². The van der Waals surface area contributed by atoms with E-state index in [2.05, 4.69) is 0 Å². The van der Waals surface area contributed by atoms with E-state index in [1.54, 1.807) is 0 Å². The molecule has 3 N–H and O–H groups in total. The topological polar surface area (TPSA) is 46.2 Å². The average molecular weight is 193 g/mol. The highest BCUT2D eigenvalue weighted by molar-refractivity contribution is 5.15. The summed E-state index contributed by atoms with van der Waals surface area (Å²) in [6, 6.07) is 9.80. The molecule has 1 aromatic carbocycles. The normalized spacial score (nSPS) is 15.5. The minimum absolute atomic E-state index is 0.143. The van der Waals surface area contributed by atoms with Crippen molar-refractivity contribution in [1.29, 1.82) is 0 Å². The molecule has 0 aromatic heterocycles. The van der Waals surface area contributed by atoms with Gasteiger partial charge < -0.3 is 10.8 Å². The van der Waals surface area contributed by atoms with Crippen molar-refractivity contribution in [3.63, 3.8) is 0 Å². The minimum atomic E-state index is -0.447. The van der Waals surface area contributed by atoms with Gasteiger partial charge in [0, 0.05) is 6.04 Å². The smallest absolute Gasteiger partial charge is 0.0733 e. The first kappa shape index (κ1) is 11.2. The maximum absolute atomic E-state index is 9.82. The van der Waals surface area contributed by atoms with Crippen molar-refractivity contribution >= 4 is 0 Å². The van der Waals surface area contributed by atoms with Crippen molar-refractivity contribution in [2.75, 3.05) is 0 Å². The van der Waals surface area contributed by atoms with Crippen molar-refractivity contribution in [3.8, 4) is 0 Å². The Morgan fingerprint density at radius 3 is 2.29 bits per heavy atom. The van der Waals surface area contributed by atoms with Crippen LogP contribution in [-0.4, -0.2) is 17.3 Å². The van der Waals surface area contributed by atoms with Crippen LogP contribution in [0.4, 0.5) is 0 Å². The Bertz CT molecular complexity index is 258. The summed E-state index contributed by atoms with van der Waals surface area (Å²) in [5.41, 5.74) is 6.99. The maximum Gasteiger partial charge on any atom is 0.0733 e. The average Bonchev–Trinajstić information content (AvgIpc) is 2.18. The fourth-order valence-corrected chi connectivity index (χ4v) is 1.44. The van der Waals surface area contributed by atoms with Crippen LogP contribution in [0.25, 0.3) is 0 Å². The molecule has 2 atom stereocenters. The Kier molecular flexibility index (Phi) is 4.11. The molecule has 14 heavy (non-hydrogen) atoms. The molecular weight excluding hydrogens is 174 g/mol. The molecule has 1 unspecified atom stereocenters. The molecule has 0 fully saturated rings. The first-order valence-corrected chi connectivity index (χ1v) is 5.09. The molecule has 1 aromatic rings. The van der Waals surface area contributed by atoms with E-state index in [1.165, 1.54) is 0 Å². The van der Waals surface area contributed by atoms with Crippen LogP contribution in [0.2, 0.25) is 0 Å². The monoisotopic (exact) mass is 193 g/mol. The molecule has 0 radical (unpaired) electrons. The lowest BCUT2D eigenvalue weighted by Crippen LogP contribution is -2.40. The molecule has 0 aliphatic carbocycles. The van der Waals surface area contributed by atoms with Crippen LogP contribution in [-0.2, 0) is 6.42 Å². The Morgan fingerprint density at radius 2 is 1.79 bits per heavy atom. The summed E-state index contributed by atoms with van der Waals surface area (Å²) in [4.78, 5) is 0. The molecule has 2 nitrogen and oxygen atoms in total. The Balaban J connectivity index is 2.53. The zero-order valence-corrected chi connectivity index (χ0v) is 8.85. The predicted molar refractivity (Wildman–Crippen MR) is 59.0 cm³/mol. The highest BCUT2D eigenvalue weighted by Crippen LogP contribution is 2.09. The van der Waals surface area contributed by atoms with Gasteiger partial charge in [0.05, 0.1) is 6.10 Å². The van der Waals surface area contributed by atoms with E-state index < -0.39 is 6.10 Å². The highest BCUT2D eigenvalue weighted by Gasteiger charge is 2.17. The second-order valence-corrected chi connectivity index (χ2v) is 4.08. The van der Waals surface area contributed by atoms with Crippen molar-refractivity contribution in [1.82, 2.24) is 0 Å². The number of hydrogen-bond donors (Lipinski definition) is 2. The minimum Gasteiger partial charge on any atom is -0.391 e. The van der Waals surface area contributed by atoms with E-state index >= 15 is 0 Å². The van der Waals surface area contributed by atoms with Gasteiger partial charge in [-0.05, 0) is 17.9 Å². The summed E-state index contributed by atoms with van der Waals surface area (Å²) in [7, 11) is 0. The summed E-state index contributed by atoms with van der Waals surface area (Å²) in [6.45, 7) is 4.05. The standard InChI is InChI=1S/C12H19NO/c1-9(2)12(13)11(14)8-10-6-4-3-5-7-10/h3-7,9,11-12,14H,8,13H2,1-2H3/t11?,12-/m0/s1. The largest absolute Gasteiger partial charge is 0.391 e. The van der Waals surface area contributed by atoms with Gasteiger partial charge in [-0.2, -0.15) is 0 Å². The molecule has 0 spiro atoms. The van der Waals surface area contributed by atoms with Crippen molar-refractivity contribution in [2.24, 2.45) is 11.7 Å². The second-order valence-electron chi connectivity index (χ2n) is 4.08. The van der Waals surface area contributed by atoms with Crippen molar-refractivity contribution < 1.29 is 5.11 Å². The number of benzene rings is 1. The van der Waals surface area contributed by atoms with Crippen molar-refractivity contribution in [3.05, 3.63) is 35.9 Å². The van der Waals surface area contributed by atoms with E-state index in [0.717, 1.165) is 5.56 Å². The molecule has 0 saturated heterocycles. The third kappa shape index (κ3) is 3.13. The van der Waals surface area contributed by atoms with Gasteiger partial charge in [-0.25, -0.2) is 0 Å². The fraction of sp³-hybridized carbons (Fsp3) is 0.500. The maximum atomic E-state index is 9.82. The summed E-state index contributed by atoms with van der Waals surface area (Å²) in [6.07, 6.45) is 0.192. The van der Waals surface area contributed by atoms with Gasteiger partial charge in [-0.1, -0.05) is 44.2 Å². The molecule has 78 valence electrons. The summed E-state index contributed by atoms with van der Waals surface area (Å²) >= 11 is 0. The van der Waals surface area contributed by atoms with E-state index in [4.69, 9.17) is 5.73 Å². The number of nitrogens with two attached hydrogens (primary N) is 1. The third-order valence-electron chi connectivity index (χ3n) is 2.50. The van der Waals surface area contributed by atoms with Crippen LogP contribution in [0.5, 0.6) is 0 Å². The Hall–Kier alpha value is -0.860. The number of hydrogen-bond acceptors (Lipinski definition) is 2. The molecule has 0 bridgehead atoms. The Morgan fingerprint density at radius 1 is 1.21 bits per heavy atom. The number of aliphatic hydroxyl groups is 1. The molecule has 0 aliphatic rings. The van der Waals surface area contributed by atoms with Gasteiger partial charge in [0.25, 0.3) is 0 Å². The quantitative estimate of drug-likeness (QED) is 0.762. The van der Waals surface area contributed by atoms with Gasteiger partial charge in [0.2, 0.25) is 0 Å². The lowest BCUT2D eigenvalue weighted by Gasteiger charge is -2.22. The van der Waals surface area contributed by atoms with Crippen LogP contribution in [0.1, 0.15) is 19.4 Å². The molecule has 1 rings (SSSR count). The molecule has 2 heteroatoms. The van der Waals surface area contributed by atoms with E-state index in [9.17, 15) is 5.11 Å². The summed E-state index contributed by atoms with van der Waals surface area (Å²) in [5, 5.41) is 9.82. The fourth-order valence-electron chi connectivity index (χ4n) is 1.44. The van der Waals surface area contributed by atoms with Gasteiger partial charge in [0.1, 0.15) is 0 Å². The first-order chi connectivity index (χ1) is 6.61. The zero-order valence-electron chi connectivity index (χ0n) is 8.85. The van der Waals surface area contributed by atoms with Crippen LogP contribution < -0.4 is 5.73 Å². The highest BCUT2D eigenvalue weighted by atomic mass is 16.3. The summed E-state index contributed by atoms with van der Waals surface area (Å²) < 4.78 is 0. The molecule has 0 amide bonds. The number of rotatable bonds is 4. The molecule has 0 saturated carbocycles. The van der Waals surface area contributed by atoms with Gasteiger partial charge in [-0.15, -0.1) is 0 Å². The third-order valence-corrected chi connectivity index (χ3v) is 2.50. The van der Waals surface area contributed by atoms with Crippen LogP contribution in [0.3, 0.4) is 0 Å². The predicted octanol–water partition coefficient (Wildman–Crippen LogP) is 1.57. The zero-order chi connectivity index (χ0) is 10.6. The van der Waals surface area contributed by atoms with Crippen LogP contribution in [0.15, 0.2) is 30.3 Å². The molecule has 0 aliphatic heterocycles. The lowest BCUT2D eigenvalue weighted by molar-refractivity contribution is 0.124. The van der Waals surface area contributed by atoms with Gasteiger partial charge >= 0.3 is 0 Å². The molecular formula is C12H19NO. The Labute approximate surface area is 85.8 Å². The van der Waals surface area contributed by atoms with E-state index in [-0.39, 0.29) is 6.04 Å².